The molecule has 0 spiro atoms. The van der Waals surface area contributed by atoms with Crippen molar-refractivity contribution in [2.45, 2.75) is 31.9 Å². The minimum Gasteiger partial charge on any atom is -0.376 e. The number of nitrogens with zero attached hydrogens (tertiary/aromatic N) is 2. The Labute approximate surface area is 112 Å². The fourth-order valence-electron chi connectivity index (χ4n) is 2.03. The van der Waals surface area contributed by atoms with E-state index in [4.69, 9.17) is 4.74 Å². The van der Waals surface area contributed by atoms with E-state index in [0.717, 1.165) is 26.0 Å². The van der Waals surface area contributed by atoms with Crippen LogP contribution in [0.4, 0.5) is 10.5 Å². The smallest absolute Gasteiger partial charge is 0.319 e. The predicted molar refractivity (Wildman–Crippen MR) is 73.0 cm³/mol. The van der Waals surface area contributed by atoms with Gasteiger partial charge in [-0.2, -0.15) is 5.10 Å². The second-order valence-electron chi connectivity index (χ2n) is 4.56. The van der Waals surface area contributed by atoms with Gasteiger partial charge < -0.3 is 15.4 Å². The molecule has 0 aromatic carbocycles. The maximum absolute atomic E-state index is 11.4. The zero-order chi connectivity index (χ0) is 13.5. The number of carbonyl (C=O) groups excluding carboxylic acids is 1. The molecule has 6 nitrogen and oxygen atoms in total. The average Bonchev–Trinajstić information content (AvgIpc) is 2.85. The Bertz CT molecular complexity index is 424. The Kier molecular flexibility index (Phi) is 4.97. The van der Waals surface area contributed by atoms with Crippen LogP contribution in [-0.4, -0.2) is 35.1 Å². The molecule has 0 radical (unpaired) electrons. The summed E-state index contributed by atoms with van der Waals surface area (Å²) >= 11 is 0. The number of aromatic nitrogens is 2. The first-order chi connectivity index (χ1) is 9.28. The van der Waals surface area contributed by atoms with E-state index in [9.17, 15) is 4.79 Å². The summed E-state index contributed by atoms with van der Waals surface area (Å²) in [5.74, 6) is 0. The van der Waals surface area contributed by atoms with Crippen LogP contribution in [0, 0.1) is 0 Å². The Balaban J connectivity index is 1.80. The first-order valence-electron chi connectivity index (χ1n) is 6.58. The van der Waals surface area contributed by atoms with E-state index in [2.05, 4.69) is 22.3 Å². The van der Waals surface area contributed by atoms with E-state index in [1.54, 1.807) is 17.0 Å². The normalized spacial score (nSPS) is 18.8. The summed E-state index contributed by atoms with van der Waals surface area (Å²) in [4.78, 5) is 11.4. The molecule has 0 aliphatic carbocycles. The summed E-state index contributed by atoms with van der Waals surface area (Å²) in [7, 11) is 0. The molecule has 2 heterocycles. The molecule has 2 amide bonds. The summed E-state index contributed by atoms with van der Waals surface area (Å²) < 4.78 is 7.46. The average molecular weight is 264 g/mol. The number of carbonyl (C=O) groups is 1. The van der Waals surface area contributed by atoms with E-state index in [1.807, 2.05) is 6.20 Å². The third kappa shape index (κ3) is 4.40. The molecule has 1 unspecified atom stereocenters. The van der Waals surface area contributed by atoms with Crippen LogP contribution in [0.2, 0.25) is 0 Å². The molecule has 1 saturated heterocycles. The Hall–Kier alpha value is -1.82. The van der Waals surface area contributed by atoms with Gasteiger partial charge in [-0.3, -0.25) is 4.68 Å². The second-order valence-corrected chi connectivity index (χ2v) is 4.56. The predicted octanol–water partition coefficient (Wildman–Crippen LogP) is 1.76. The molecular formula is C13H20N4O2. The molecule has 1 aromatic heterocycles. The van der Waals surface area contributed by atoms with Gasteiger partial charge in [-0.15, -0.1) is 6.58 Å². The first-order valence-corrected chi connectivity index (χ1v) is 6.58. The Morgan fingerprint density at radius 2 is 2.53 bits per heavy atom. The van der Waals surface area contributed by atoms with Crippen LogP contribution >= 0.6 is 0 Å². The van der Waals surface area contributed by atoms with Crippen LogP contribution in [0.5, 0.6) is 0 Å². The third-order valence-corrected chi connectivity index (χ3v) is 2.96. The lowest BCUT2D eigenvalue weighted by molar-refractivity contribution is 0.00401. The molecule has 1 fully saturated rings. The summed E-state index contributed by atoms with van der Waals surface area (Å²) in [6.07, 6.45) is 8.73. The van der Waals surface area contributed by atoms with Crippen LogP contribution in [0.1, 0.15) is 19.3 Å². The number of amides is 2. The van der Waals surface area contributed by atoms with E-state index >= 15 is 0 Å². The van der Waals surface area contributed by atoms with Gasteiger partial charge in [0.15, 0.2) is 0 Å². The van der Waals surface area contributed by atoms with Gasteiger partial charge in [0.2, 0.25) is 0 Å². The highest BCUT2D eigenvalue weighted by Crippen LogP contribution is 2.15. The van der Waals surface area contributed by atoms with Gasteiger partial charge >= 0.3 is 6.03 Å². The highest BCUT2D eigenvalue weighted by molar-refractivity contribution is 5.88. The van der Waals surface area contributed by atoms with Crippen LogP contribution < -0.4 is 10.6 Å². The highest BCUT2D eigenvalue weighted by atomic mass is 16.5. The van der Waals surface area contributed by atoms with Crippen molar-refractivity contribution < 1.29 is 9.53 Å². The van der Waals surface area contributed by atoms with E-state index in [1.165, 1.54) is 6.42 Å². The number of anilines is 1. The van der Waals surface area contributed by atoms with Crippen molar-refractivity contribution in [1.82, 2.24) is 15.1 Å². The summed E-state index contributed by atoms with van der Waals surface area (Å²) in [5, 5.41) is 9.57. The van der Waals surface area contributed by atoms with Crippen molar-refractivity contribution in [1.29, 1.82) is 0 Å². The van der Waals surface area contributed by atoms with Gasteiger partial charge in [-0.05, 0) is 19.3 Å². The lowest BCUT2D eigenvalue weighted by Crippen LogP contribution is -2.28. The van der Waals surface area contributed by atoms with Crippen molar-refractivity contribution in [3.63, 3.8) is 0 Å². The van der Waals surface area contributed by atoms with E-state index in [-0.39, 0.29) is 12.1 Å². The summed E-state index contributed by atoms with van der Waals surface area (Å²) in [5.41, 5.74) is 0.678. The van der Waals surface area contributed by atoms with Crippen molar-refractivity contribution in [3.05, 3.63) is 25.0 Å². The monoisotopic (exact) mass is 264 g/mol. The quantitative estimate of drug-likeness (QED) is 0.796. The minimum absolute atomic E-state index is 0.232. The molecule has 2 N–H and O–H groups in total. The van der Waals surface area contributed by atoms with Gasteiger partial charge in [0.05, 0.1) is 24.5 Å². The van der Waals surface area contributed by atoms with Gasteiger partial charge in [0, 0.05) is 19.3 Å². The topological polar surface area (TPSA) is 68.2 Å². The molecule has 1 atom stereocenters. The molecule has 19 heavy (non-hydrogen) atoms. The van der Waals surface area contributed by atoms with Gasteiger partial charge in [0.25, 0.3) is 0 Å². The zero-order valence-electron chi connectivity index (χ0n) is 11.0. The van der Waals surface area contributed by atoms with E-state index < -0.39 is 0 Å². The number of hydrogen-bond acceptors (Lipinski definition) is 3. The highest BCUT2D eigenvalue weighted by Gasteiger charge is 2.15. The lowest BCUT2D eigenvalue weighted by Gasteiger charge is -2.22. The number of rotatable bonds is 5. The fraction of sp³-hybridized carbons (Fsp3) is 0.538. The zero-order valence-corrected chi connectivity index (χ0v) is 11.0. The number of hydrogen-bond donors (Lipinski definition) is 2. The molecule has 104 valence electrons. The van der Waals surface area contributed by atoms with Gasteiger partial charge in [-0.1, -0.05) is 6.08 Å². The van der Waals surface area contributed by atoms with Crippen LogP contribution in [0.3, 0.4) is 0 Å². The van der Waals surface area contributed by atoms with E-state index in [0.29, 0.717) is 12.2 Å². The number of nitrogens with one attached hydrogen (secondary N) is 2. The Morgan fingerprint density at radius 3 is 3.26 bits per heavy atom. The molecule has 0 bridgehead atoms. The van der Waals surface area contributed by atoms with Crippen LogP contribution in [0.25, 0.3) is 0 Å². The molecule has 1 aliphatic heterocycles. The molecule has 1 aromatic rings. The standard InChI is InChI=1S/C13H20N4O2/c1-2-6-14-13(18)16-11-8-15-17(9-11)10-12-5-3-4-7-19-12/h2,8-9,12H,1,3-7,10H2,(H2,14,16,18). The van der Waals surface area contributed by atoms with Crippen molar-refractivity contribution >= 4 is 11.7 Å². The van der Waals surface area contributed by atoms with Gasteiger partial charge in [0.1, 0.15) is 0 Å². The van der Waals surface area contributed by atoms with Crippen LogP contribution in [-0.2, 0) is 11.3 Å². The van der Waals surface area contributed by atoms with Crippen molar-refractivity contribution in [2.75, 3.05) is 18.5 Å². The third-order valence-electron chi connectivity index (χ3n) is 2.96. The summed E-state index contributed by atoms with van der Waals surface area (Å²) in [6.45, 7) is 5.54. The molecule has 1 aliphatic rings. The first kappa shape index (κ1) is 13.6. The molecule has 0 saturated carbocycles. The molecular weight excluding hydrogens is 244 g/mol. The summed E-state index contributed by atoms with van der Waals surface area (Å²) in [6, 6.07) is -0.256. The minimum atomic E-state index is -0.256. The number of urea groups is 1. The van der Waals surface area contributed by atoms with Gasteiger partial charge in [-0.25, -0.2) is 4.79 Å². The Morgan fingerprint density at radius 1 is 1.63 bits per heavy atom. The molecule has 6 heteroatoms. The second kappa shape index (κ2) is 6.94. The van der Waals surface area contributed by atoms with Crippen LogP contribution in [0.15, 0.2) is 25.0 Å². The van der Waals surface area contributed by atoms with Crippen molar-refractivity contribution in [3.8, 4) is 0 Å². The lowest BCUT2D eigenvalue weighted by atomic mass is 10.1. The largest absolute Gasteiger partial charge is 0.376 e. The number of ether oxygens (including phenoxy) is 1. The maximum atomic E-state index is 11.4. The fourth-order valence-corrected chi connectivity index (χ4v) is 2.03. The maximum Gasteiger partial charge on any atom is 0.319 e. The molecule has 2 rings (SSSR count). The SMILES string of the molecule is C=CCNC(=O)Nc1cnn(CC2CCCCO2)c1. The van der Waals surface area contributed by atoms with Crippen molar-refractivity contribution in [2.24, 2.45) is 0 Å².